The predicted molar refractivity (Wildman–Crippen MR) is 107 cm³/mol. The molecule has 7 nitrogen and oxygen atoms in total. The summed E-state index contributed by atoms with van der Waals surface area (Å²) < 4.78 is 7.86. The Bertz CT molecular complexity index is 1000. The van der Waals surface area contributed by atoms with E-state index >= 15 is 0 Å². The van der Waals surface area contributed by atoms with Gasteiger partial charge < -0.3 is 10.1 Å². The number of ether oxygens (including phenoxy) is 1. The van der Waals surface area contributed by atoms with E-state index in [-0.39, 0.29) is 18.1 Å². The summed E-state index contributed by atoms with van der Waals surface area (Å²) in [4.78, 5) is 25.2. The fourth-order valence-corrected chi connectivity index (χ4v) is 2.78. The van der Waals surface area contributed by atoms with Crippen molar-refractivity contribution < 1.29 is 9.53 Å². The van der Waals surface area contributed by atoms with Crippen molar-refractivity contribution in [3.63, 3.8) is 0 Å². The molecule has 0 aliphatic carbocycles. The van der Waals surface area contributed by atoms with E-state index in [2.05, 4.69) is 17.0 Å². The molecule has 0 saturated heterocycles. The van der Waals surface area contributed by atoms with Crippen molar-refractivity contribution in [3.05, 3.63) is 89.1 Å². The van der Waals surface area contributed by atoms with Crippen molar-refractivity contribution in [2.45, 2.75) is 13.0 Å². The summed E-state index contributed by atoms with van der Waals surface area (Å²) in [7, 11) is 1.58. The summed E-state index contributed by atoms with van der Waals surface area (Å²) in [5.41, 5.74) is 1.23. The molecular weight excluding hydrogens is 356 g/mol. The molecule has 1 heterocycles. The van der Waals surface area contributed by atoms with Crippen molar-refractivity contribution in [1.29, 1.82) is 0 Å². The molecule has 0 aliphatic heterocycles. The minimum atomic E-state index is -0.371. The second kappa shape index (κ2) is 8.85. The maximum absolute atomic E-state index is 13.0. The fourth-order valence-electron chi connectivity index (χ4n) is 2.78. The van der Waals surface area contributed by atoms with Crippen LogP contribution < -0.4 is 15.7 Å². The van der Waals surface area contributed by atoms with E-state index in [0.717, 1.165) is 5.56 Å². The van der Waals surface area contributed by atoms with Gasteiger partial charge in [0.15, 0.2) is 0 Å². The number of carbonyl (C=O) groups excluding carboxylic acids is 1. The van der Waals surface area contributed by atoms with Crippen LogP contribution in [0.5, 0.6) is 5.75 Å². The van der Waals surface area contributed by atoms with Crippen LogP contribution >= 0.6 is 0 Å². The summed E-state index contributed by atoms with van der Waals surface area (Å²) in [6.07, 6.45) is 2.03. The Balaban J connectivity index is 1.98. The van der Waals surface area contributed by atoms with E-state index < -0.39 is 0 Å². The maximum Gasteiger partial charge on any atom is 0.351 e. The molecule has 0 spiro atoms. The predicted octanol–water partition coefficient (Wildman–Crippen LogP) is 1.94. The zero-order valence-corrected chi connectivity index (χ0v) is 15.7. The first kappa shape index (κ1) is 19.2. The molecule has 0 aliphatic rings. The van der Waals surface area contributed by atoms with Crippen LogP contribution in [0.2, 0.25) is 0 Å². The SMILES string of the molecule is C=CCNC(=O)Cn1c(Cc2ccccc2)nn(-c2ccc(OC)cc2)c1=O. The van der Waals surface area contributed by atoms with Crippen LogP contribution in [0.4, 0.5) is 0 Å². The van der Waals surface area contributed by atoms with Gasteiger partial charge in [0, 0.05) is 13.0 Å². The summed E-state index contributed by atoms with van der Waals surface area (Å²) in [6.45, 7) is 3.81. The Labute approximate surface area is 162 Å². The summed E-state index contributed by atoms with van der Waals surface area (Å²) in [5, 5.41) is 7.18. The molecule has 2 aromatic carbocycles. The first-order valence-corrected chi connectivity index (χ1v) is 8.87. The van der Waals surface area contributed by atoms with Crippen LogP contribution in [0.25, 0.3) is 5.69 Å². The van der Waals surface area contributed by atoms with Crippen molar-refractivity contribution in [2.24, 2.45) is 0 Å². The number of aromatic nitrogens is 3. The molecule has 0 atom stereocenters. The Morgan fingerprint density at radius 3 is 2.54 bits per heavy atom. The van der Waals surface area contributed by atoms with Gasteiger partial charge in [0.25, 0.3) is 0 Å². The lowest BCUT2D eigenvalue weighted by Gasteiger charge is -2.06. The molecule has 28 heavy (non-hydrogen) atoms. The van der Waals surface area contributed by atoms with Gasteiger partial charge in [-0.3, -0.25) is 9.36 Å². The highest BCUT2D eigenvalue weighted by Gasteiger charge is 2.17. The van der Waals surface area contributed by atoms with Gasteiger partial charge in [-0.2, -0.15) is 4.68 Å². The lowest BCUT2D eigenvalue weighted by Crippen LogP contribution is -2.33. The van der Waals surface area contributed by atoms with Crippen molar-refractivity contribution in [2.75, 3.05) is 13.7 Å². The van der Waals surface area contributed by atoms with Crippen LogP contribution in [0.3, 0.4) is 0 Å². The van der Waals surface area contributed by atoms with Gasteiger partial charge in [0.05, 0.1) is 12.8 Å². The number of hydrogen-bond acceptors (Lipinski definition) is 4. The second-order valence-corrected chi connectivity index (χ2v) is 6.15. The summed E-state index contributed by atoms with van der Waals surface area (Å²) in [5.74, 6) is 0.927. The van der Waals surface area contributed by atoms with Crippen molar-refractivity contribution in [1.82, 2.24) is 19.7 Å². The van der Waals surface area contributed by atoms with Gasteiger partial charge in [-0.05, 0) is 29.8 Å². The lowest BCUT2D eigenvalue weighted by atomic mass is 10.1. The maximum atomic E-state index is 13.0. The quantitative estimate of drug-likeness (QED) is 0.608. The Morgan fingerprint density at radius 1 is 1.18 bits per heavy atom. The average molecular weight is 378 g/mol. The first-order valence-electron chi connectivity index (χ1n) is 8.87. The Kier molecular flexibility index (Phi) is 6.06. The molecule has 0 radical (unpaired) electrons. The van der Waals surface area contributed by atoms with Gasteiger partial charge in [0.1, 0.15) is 18.1 Å². The molecule has 144 valence electrons. The number of carbonyl (C=O) groups is 1. The summed E-state index contributed by atoms with van der Waals surface area (Å²) in [6, 6.07) is 16.7. The van der Waals surface area contributed by atoms with Gasteiger partial charge >= 0.3 is 5.69 Å². The highest BCUT2D eigenvalue weighted by Crippen LogP contribution is 2.14. The van der Waals surface area contributed by atoms with E-state index in [9.17, 15) is 9.59 Å². The van der Waals surface area contributed by atoms with E-state index in [0.29, 0.717) is 30.2 Å². The van der Waals surface area contributed by atoms with Crippen LogP contribution in [-0.2, 0) is 17.8 Å². The Morgan fingerprint density at radius 2 is 1.89 bits per heavy atom. The fraction of sp³-hybridized carbons (Fsp3) is 0.190. The van der Waals surface area contributed by atoms with Crippen LogP contribution in [0, 0.1) is 0 Å². The minimum absolute atomic E-state index is 0.106. The molecule has 1 N–H and O–H groups in total. The molecule has 0 saturated carbocycles. The standard InChI is InChI=1S/C21H22N4O3/c1-3-13-22-20(26)15-24-19(14-16-7-5-4-6-8-16)23-25(21(24)27)17-9-11-18(28-2)12-10-17/h3-12H,1,13-15H2,2H3,(H,22,26). The molecule has 0 unspecified atom stereocenters. The van der Waals surface area contributed by atoms with E-state index in [1.54, 1.807) is 37.5 Å². The van der Waals surface area contributed by atoms with Gasteiger partial charge in [-0.25, -0.2) is 4.79 Å². The first-order chi connectivity index (χ1) is 13.6. The smallest absolute Gasteiger partial charge is 0.351 e. The third kappa shape index (κ3) is 4.37. The van der Waals surface area contributed by atoms with Crippen LogP contribution in [0.1, 0.15) is 11.4 Å². The van der Waals surface area contributed by atoms with Crippen LogP contribution in [-0.4, -0.2) is 33.9 Å². The number of benzene rings is 2. The largest absolute Gasteiger partial charge is 0.497 e. The second-order valence-electron chi connectivity index (χ2n) is 6.15. The molecule has 7 heteroatoms. The van der Waals surface area contributed by atoms with Crippen molar-refractivity contribution in [3.8, 4) is 11.4 Å². The van der Waals surface area contributed by atoms with Crippen LogP contribution in [0.15, 0.2) is 72.0 Å². The zero-order valence-electron chi connectivity index (χ0n) is 15.7. The molecule has 1 aromatic heterocycles. The molecular formula is C21H22N4O3. The van der Waals surface area contributed by atoms with E-state index in [1.165, 1.54) is 9.25 Å². The highest BCUT2D eigenvalue weighted by atomic mass is 16.5. The normalized spacial score (nSPS) is 10.5. The third-order valence-electron chi connectivity index (χ3n) is 4.21. The van der Waals surface area contributed by atoms with E-state index in [1.807, 2.05) is 30.3 Å². The number of rotatable bonds is 8. The Hall–Kier alpha value is -3.61. The number of methoxy groups -OCH3 is 1. The monoisotopic (exact) mass is 378 g/mol. The summed E-state index contributed by atoms with van der Waals surface area (Å²) >= 11 is 0. The van der Waals surface area contributed by atoms with E-state index in [4.69, 9.17) is 4.74 Å². The highest BCUT2D eigenvalue weighted by molar-refractivity contribution is 5.75. The topological polar surface area (TPSA) is 78.2 Å². The number of nitrogens with one attached hydrogen (secondary N) is 1. The number of nitrogens with zero attached hydrogens (tertiary/aromatic N) is 3. The van der Waals surface area contributed by atoms with Crippen molar-refractivity contribution >= 4 is 5.91 Å². The number of amides is 1. The molecule has 1 amide bonds. The molecule has 0 bridgehead atoms. The average Bonchev–Trinajstić information content (AvgIpc) is 3.02. The molecule has 0 fully saturated rings. The lowest BCUT2D eigenvalue weighted by molar-refractivity contribution is -0.121. The van der Waals surface area contributed by atoms with Gasteiger partial charge in [-0.15, -0.1) is 11.7 Å². The number of hydrogen-bond donors (Lipinski definition) is 1. The zero-order chi connectivity index (χ0) is 19.9. The molecule has 3 aromatic rings. The van der Waals surface area contributed by atoms with Gasteiger partial charge in [0.2, 0.25) is 5.91 Å². The molecule has 3 rings (SSSR count). The minimum Gasteiger partial charge on any atom is -0.497 e. The third-order valence-corrected chi connectivity index (χ3v) is 4.21. The van der Waals surface area contributed by atoms with Gasteiger partial charge in [-0.1, -0.05) is 36.4 Å².